The number of Topliss-reactive ketones (excluding diaryl/α,β-unsaturated/α-hetero) is 1. The number of rotatable bonds is 5. The Morgan fingerprint density at radius 3 is 2.67 bits per heavy atom. The number of nitrogens with zero attached hydrogens (tertiary/aromatic N) is 2. The topological polar surface area (TPSA) is 109 Å². The molecule has 1 unspecified atom stereocenters. The van der Waals surface area contributed by atoms with Gasteiger partial charge in [-0.25, -0.2) is 9.78 Å². The first-order chi connectivity index (χ1) is 13.0. The van der Waals surface area contributed by atoms with Gasteiger partial charge in [-0.2, -0.15) is 0 Å². The highest BCUT2D eigenvalue weighted by molar-refractivity contribution is 6.03. The molecule has 1 aliphatic rings. The van der Waals surface area contributed by atoms with E-state index in [9.17, 15) is 14.4 Å². The number of hydrogen-bond donors (Lipinski definition) is 2. The number of nitrogens with one attached hydrogen (secondary N) is 1. The van der Waals surface area contributed by atoms with E-state index >= 15 is 0 Å². The van der Waals surface area contributed by atoms with Crippen molar-refractivity contribution in [2.45, 2.75) is 13.3 Å². The third-order valence-corrected chi connectivity index (χ3v) is 4.14. The molecule has 2 heterocycles. The minimum atomic E-state index is -1.05. The Kier molecular flexibility index (Phi) is 5.35. The largest absolute Gasteiger partial charge is 0.488 e. The molecule has 0 bridgehead atoms. The molecule has 0 fully saturated rings. The molecule has 2 amide bonds. The third-order valence-electron chi connectivity index (χ3n) is 4.14. The standard InChI is InChI=1S/C19H19N3O5/c1-12(18(24)25)11-15(23)14-7-8-16-17(21-14)22(9-10-27-16)19(26)20-13-5-3-2-4-6-13/h2-8,12H,9-11H2,1H3,(H,20,26)(H,24,25). The number of fused-ring (bicyclic) bond motifs is 1. The van der Waals surface area contributed by atoms with E-state index in [0.29, 0.717) is 18.0 Å². The average molecular weight is 369 g/mol. The Balaban J connectivity index is 1.82. The summed E-state index contributed by atoms with van der Waals surface area (Å²) in [5.74, 6) is -1.63. The monoisotopic (exact) mass is 369 g/mol. The molecule has 2 aromatic rings. The zero-order chi connectivity index (χ0) is 19.4. The van der Waals surface area contributed by atoms with Gasteiger partial charge in [0.1, 0.15) is 12.3 Å². The van der Waals surface area contributed by atoms with Crippen LogP contribution in [0.5, 0.6) is 5.75 Å². The maximum atomic E-state index is 12.6. The lowest BCUT2D eigenvalue weighted by Crippen LogP contribution is -2.41. The highest BCUT2D eigenvalue weighted by Gasteiger charge is 2.27. The van der Waals surface area contributed by atoms with Crippen molar-refractivity contribution in [1.29, 1.82) is 0 Å². The minimum Gasteiger partial charge on any atom is -0.488 e. The van der Waals surface area contributed by atoms with Gasteiger partial charge in [0.2, 0.25) is 0 Å². The number of anilines is 2. The Morgan fingerprint density at radius 2 is 1.96 bits per heavy atom. The number of benzene rings is 1. The SMILES string of the molecule is CC(CC(=O)c1ccc2c(n1)N(C(=O)Nc1ccccc1)CCO2)C(=O)O. The lowest BCUT2D eigenvalue weighted by atomic mass is 10.0. The zero-order valence-corrected chi connectivity index (χ0v) is 14.7. The van der Waals surface area contributed by atoms with E-state index in [1.165, 1.54) is 17.9 Å². The lowest BCUT2D eigenvalue weighted by Gasteiger charge is -2.28. The molecule has 1 aromatic carbocycles. The molecule has 1 atom stereocenters. The molecular weight excluding hydrogens is 350 g/mol. The van der Waals surface area contributed by atoms with E-state index in [0.717, 1.165) is 0 Å². The van der Waals surface area contributed by atoms with E-state index in [1.807, 2.05) is 18.2 Å². The van der Waals surface area contributed by atoms with Gasteiger partial charge in [0.15, 0.2) is 17.4 Å². The Bertz CT molecular complexity index is 869. The number of carbonyl (C=O) groups is 3. The number of amides is 2. The summed E-state index contributed by atoms with van der Waals surface area (Å²) in [6.07, 6.45) is -0.168. The zero-order valence-electron chi connectivity index (χ0n) is 14.7. The number of hydrogen-bond acceptors (Lipinski definition) is 5. The maximum absolute atomic E-state index is 12.6. The van der Waals surface area contributed by atoms with Crippen LogP contribution in [0.1, 0.15) is 23.8 Å². The summed E-state index contributed by atoms with van der Waals surface area (Å²) in [6.45, 7) is 2.05. The fourth-order valence-corrected chi connectivity index (χ4v) is 2.63. The Hall–Kier alpha value is -3.42. The van der Waals surface area contributed by atoms with Gasteiger partial charge in [-0.1, -0.05) is 25.1 Å². The molecule has 0 spiro atoms. The smallest absolute Gasteiger partial charge is 0.327 e. The number of carboxylic acid groups (broad SMARTS) is 1. The van der Waals surface area contributed by atoms with Crippen LogP contribution >= 0.6 is 0 Å². The first kappa shape index (κ1) is 18.4. The summed E-state index contributed by atoms with van der Waals surface area (Å²) in [6, 6.07) is 11.7. The van der Waals surface area contributed by atoms with Crippen molar-refractivity contribution in [2.75, 3.05) is 23.4 Å². The summed E-state index contributed by atoms with van der Waals surface area (Å²) in [5.41, 5.74) is 0.739. The van der Waals surface area contributed by atoms with E-state index in [2.05, 4.69) is 10.3 Å². The summed E-state index contributed by atoms with van der Waals surface area (Å²) >= 11 is 0. The molecule has 1 aliphatic heterocycles. The van der Waals surface area contributed by atoms with Crippen molar-refractivity contribution >= 4 is 29.3 Å². The van der Waals surface area contributed by atoms with Crippen LogP contribution in [-0.2, 0) is 4.79 Å². The molecule has 140 valence electrons. The molecule has 27 heavy (non-hydrogen) atoms. The number of carboxylic acids is 1. The number of aromatic nitrogens is 1. The van der Waals surface area contributed by atoms with Crippen molar-refractivity contribution in [1.82, 2.24) is 4.98 Å². The Labute approximate surface area is 155 Å². The van der Waals surface area contributed by atoms with Gasteiger partial charge >= 0.3 is 12.0 Å². The summed E-state index contributed by atoms with van der Waals surface area (Å²) in [7, 11) is 0. The fourth-order valence-electron chi connectivity index (χ4n) is 2.63. The van der Waals surface area contributed by atoms with Crippen molar-refractivity contribution < 1.29 is 24.2 Å². The maximum Gasteiger partial charge on any atom is 0.327 e. The minimum absolute atomic E-state index is 0.102. The number of urea groups is 1. The number of ketones is 1. The van der Waals surface area contributed by atoms with E-state index in [4.69, 9.17) is 9.84 Å². The molecule has 0 radical (unpaired) electrons. The number of carbonyl (C=O) groups excluding carboxylic acids is 2. The third kappa shape index (κ3) is 4.22. The molecular formula is C19H19N3O5. The van der Waals surface area contributed by atoms with Crippen molar-refractivity contribution in [3.8, 4) is 5.75 Å². The molecule has 2 N–H and O–H groups in total. The number of pyridine rings is 1. The van der Waals surface area contributed by atoms with E-state index in [1.54, 1.807) is 18.2 Å². The van der Waals surface area contributed by atoms with Gasteiger partial charge < -0.3 is 15.2 Å². The van der Waals surface area contributed by atoms with Crippen LogP contribution in [0.15, 0.2) is 42.5 Å². The first-order valence-corrected chi connectivity index (χ1v) is 8.49. The lowest BCUT2D eigenvalue weighted by molar-refractivity contribution is -0.141. The summed E-state index contributed by atoms with van der Waals surface area (Å²) in [5, 5.41) is 11.7. The second-order valence-corrected chi connectivity index (χ2v) is 6.18. The first-order valence-electron chi connectivity index (χ1n) is 8.49. The van der Waals surface area contributed by atoms with Crippen LogP contribution in [0.2, 0.25) is 0 Å². The molecule has 0 saturated heterocycles. The number of aliphatic carboxylic acids is 1. The van der Waals surface area contributed by atoms with Gasteiger partial charge in [-0.15, -0.1) is 0 Å². The van der Waals surface area contributed by atoms with Crippen molar-refractivity contribution in [2.24, 2.45) is 5.92 Å². The fraction of sp³-hybridized carbons (Fsp3) is 0.263. The van der Waals surface area contributed by atoms with E-state index < -0.39 is 17.7 Å². The highest BCUT2D eigenvalue weighted by atomic mass is 16.5. The quantitative estimate of drug-likeness (QED) is 0.785. The van der Waals surface area contributed by atoms with Crippen LogP contribution < -0.4 is 15.0 Å². The molecule has 8 heteroatoms. The average Bonchev–Trinajstić information content (AvgIpc) is 2.67. The summed E-state index contributed by atoms with van der Waals surface area (Å²) in [4.78, 5) is 41.6. The van der Waals surface area contributed by atoms with Crippen LogP contribution in [0.25, 0.3) is 0 Å². The normalized spacial score (nSPS) is 13.9. The highest BCUT2D eigenvalue weighted by Crippen LogP contribution is 2.30. The Morgan fingerprint density at radius 1 is 1.22 bits per heavy atom. The van der Waals surface area contributed by atoms with Crippen LogP contribution in [0.3, 0.4) is 0 Å². The van der Waals surface area contributed by atoms with Gasteiger partial charge in [-0.05, 0) is 24.3 Å². The van der Waals surface area contributed by atoms with Crippen LogP contribution in [0, 0.1) is 5.92 Å². The second-order valence-electron chi connectivity index (χ2n) is 6.18. The van der Waals surface area contributed by atoms with Gasteiger partial charge in [0, 0.05) is 12.1 Å². The summed E-state index contributed by atoms with van der Waals surface area (Å²) < 4.78 is 5.52. The number of para-hydroxylation sites is 1. The predicted octanol–water partition coefficient (Wildman–Crippen LogP) is 2.81. The van der Waals surface area contributed by atoms with Gasteiger partial charge in [-0.3, -0.25) is 14.5 Å². The second kappa shape index (κ2) is 7.86. The molecule has 1 aromatic heterocycles. The number of ether oxygens (including phenoxy) is 1. The molecule has 0 saturated carbocycles. The van der Waals surface area contributed by atoms with Gasteiger partial charge in [0.25, 0.3) is 0 Å². The molecule has 3 rings (SSSR count). The van der Waals surface area contributed by atoms with Crippen molar-refractivity contribution in [3.63, 3.8) is 0 Å². The van der Waals surface area contributed by atoms with Crippen LogP contribution in [-0.4, -0.2) is 41.0 Å². The van der Waals surface area contributed by atoms with Crippen LogP contribution in [0.4, 0.5) is 16.3 Å². The van der Waals surface area contributed by atoms with Crippen molar-refractivity contribution in [3.05, 3.63) is 48.2 Å². The molecule has 8 nitrogen and oxygen atoms in total. The molecule has 0 aliphatic carbocycles. The van der Waals surface area contributed by atoms with E-state index in [-0.39, 0.29) is 30.5 Å². The van der Waals surface area contributed by atoms with Gasteiger partial charge in [0.05, 0.1) is 12.5 Å². The predicted molar refractivity (Wildman–Crippen MR) is 98.3 cm³/mol.